The van der Waals surface area contributed by atoms with Crippen molar-refractivity contribution in [2.24, 2.45) is 0 Å². The van der Waals surface area contributed by atoms with Gasteiger partial charge in [-0.05, 0) is 56.2 Å². The summed E-state index contributed by atoms with van der Waals surface area (Å²) in [7, 11) is 0. The molecule has 0 fully saturated rings. The van der Waals surface area contributed by atoms with E-state index in [-0.39, 0.29) is 12.4 Å². The number of carbonyl (C=O) groups excluding carboxylic acids is 1. The van der Waals surface area contributed by atoms with Crippen molar-refractivity contribution < 1.29 is 19.1 Å². The highest BCUT2D eigenvalue weighted by atomic mass is 16.5. The summed E-state index contributed by atoms with van der Waals surface area (Å²) in [4.78, 5) is 13.2. The first-order chi connectivity index (χ1) is 12.4. The Kier molecular flexibility index (Phi) is 3.88. The number of furan rings is 1. The Morgan fingerprint density at radius 3 is 2.73 bits per heavy atom. The van der Waals surface area contributed by atoms with Gasteiger partial charge < -0.3 is 14.3 Å². The van der Waals surface area contributed by atoms with Gasteiger partial charge in [0, 0.05) is 29.4 Å². The van der Waals surface area contributed by atoms with Gasteiger partial charge in [0.15, 0.2) is 5.78 Å². The number of ketones is 1. The monoisotopic (exact) mass is 350 g/mol. The summed E-state index contributed by atoms with van der Waals surface area (Å²) in [5.74, 6) is 1.41. The number of ether oxygens (including phenoxy) is 1. The smallest absolute Gasteiger partial charge is 0.197 e. The Morgan fingerprint density at radius 2 is 1.96 bits per heavy atom. The van der Waals surface area contributed by atoms with Gasteiger partial charge in [0.05, 0.1) is 12.2 Å². The van der Waals surface area contributed by atoms with Crippen LogP contribution in [0, 0.1) is 6.92 Å². The summed E-state index contributed by atoms with van der Waals surface area (Å²) in [6.07, 6.45) is 0.576. The third-order valence-corrected chi connectivity index (χ3v) is 5.12. The lowest BCUT2D eigenvalue weighted by Crippen LogP contribution is -2.29. The molecule has 1 aromatic heterocycles. The van der Waals surface area contributed by atoms with Crippen LogP contribution in [0.1, 0.15) is 53.1 Å². The molecule has 1 aliphatic rings. The van der Waals surface area contributed by atoms with Gasteiger partial charge in [0.25, 0.3) is 0 Å². The second-order valence-electron chi connectivity index (χ2n) is 7.39. The second-order valence-corrected chi connectivity index (χ2v) is 7.39. The first kappa shape index (κ1) is 16.9. The van der Waals surface area contributed by atoms with Crippen LogP contribution in [0.4, 0.5) is 0 Å². The fourth-order valence-electron chi connectivity index (χ4n) is 3.71. The minimum absolute atomic E-state index is 0.00108. The van der Waals surface area contributed by atoms with Crippen LogP contribution < -0.4 is 4.74 Å². The van der Waals surface area contributed by atoms with Crippen molar-refractivity contribution in [2.45, 2.75) is 32.6 Å². The molecule has 2 aromatic carbocycles. The fourth-order valence-corrected chi connectivity index (χ4v) is 3.71. The number of benzene rings is 2. The molecule has 134 valence electrons. The van der Waals surface area contributed by atoms with Crippen LogP contribution in [0.5, 0.6) is 5.75 Å². The Bertz CT molecular complexity index is 1010. The van der Waals surface area contributed by atoms with Gasteiger partial charge >= 0.3 is 0 Å². The van der Waals surface area contributed by atoms with E-state index in [0.29, 0.717) is 35.7 Å². The maximum Gasteiger partial charge on any atom is 0.197 e. The van der Waals surface area contributed by atoms with E-state index < -0.39 is 5.41 Å². The maximum absolute atomic E-state index is 13.2. The van der Waals surface area contributed by atoms with E-state index in [1.54, 1.807) is 0 Å². The summed E-state index contributed by atoms with van der Waals surface area (Å²) < 4.78 is 11.9. The van der Waals surface area contributed by atoms with Crippen LogP contribution in [0.15, 0.2) is 40.8 Å². The van der Waals surface area contributed by atoms with Crippen LogP contribution in [0.3, 0.4) is 0 Å². The summed E-state index contributed by atoms with van der Waals surface area (Å²) in [5, 5.41) is 9.79. The average molecular weight is 350 g/mol. The van der Waals surface area contributed by atoms with E-state index in [4.69, 9.17) is 14.3 Å². The lowest BCUT2D eigenvalue weighted by Gasteiger charge is -2.30. The minimum Gasteiger partial charge on any atom is -0.493 e. The Balaban J connectivity index is 1.86. The first-order valence-corrected chi connectivity index (χ1v) is 8.90. The number of aliphatic hydroxyl groups is 1. The number of carbonyl (C=O) groups is 1. The molecule has 4 nitrogen and oxygen atoms in total. The molecule has 4 rings (SSSR count). The van der Waals surface area contributed by atoms with Crippen LogP contribution in [-0.4, -0.2) is 24.1 Å². The van der Waals surface area contributed by atoms with Crippen LogP contribution in [0.25, 0.3) is 11.0 Å². The quantitative estimate of drug-likeness (QED) is 0.710. The highest BCUT2D eigenvalue weighted by Crippen LogP contribution is 2.46. The summed E-state index contributed by atoms with van der Waals surface area (Å²) in [6.45, 7) is 6.70. The molecule has 0 radical (unpaired) electrons. The van der Waals surface area contributed by atoms with Gasteiger partial charge in [-0.2, -0.15) is 0 Å². The van der Waals surface area contributed by atoms with E-state index in [2.05, 4.69) is 13.8 Å². The first-order valence-electron chi connectivity index (χ1n) is 8.90. The molecule has 0 saturated carbocycles. The van der Waals surface area contributed by atoms with E-state index in [9.17, 15) is 4.79 Å². The van der Waals surface area contributed by atoms with Gasteiger partial charge in [-0.25, -0.2) is 0 Å². The van der Waals surface area contributed by atoms with Gasteiger partial charge in [-0.1, -0.05) is 12.1 Å². The average Bonchev–Trinajstić information content (AvgIpc) is 3.00. The zero-order chi connectivity index (χ0) is 18.5. The summed E-state index contributed by atoms with van der Waals surface area (Å²) in [6, 6.07) is 11.5. The zero-order valence-electron chi connectivity index (χ0n) is 15.3. The van der Waals surface area contributed by atoms with Crippen LogP contribution in [-0.2, 0) is 5.41 Å². The molecule has 4 heteroatoms. The minimum atomic E-state index is -0.443. The number of hydrogen-bond acceptors (Lipinski definition) is 4. The topological polar surface area (TPSA) is 59.7 Å². The lowest BCUT2D eigenvalue weighted by molar-refractivity contribution is 0.102. The molecule has 0 atom stereocenters. The van der Waals surface area contributed by atoms with Crippen molar-refractivity contribution in [3.8, 4) is 5.75 Å². The molecule has 3 aromatic rings. The van der Waals surface area contributed by atoms with E-state index in [1.165, 1.54) is 0 Å². The number of hydrogen-bond donors (Lipinski definition) is 1. The Morgan fingerprint density at radius 1 is 1.15 bits per heavy atom. The molecule has 1 heterocycles. The van der Waals surface area contributed by atoms with Crippen LogP contribution >= 0.6 is 0 Å². The number of aliphatic hydroxyl groups excluding tert-OH is 1. The highest BCUT2D eigenvalue weighted by molar-refractivity contribution is 6.19. The molecule has 1 aliphatic carbocycles. The van der Waals surface area contributed by atoms with E-state index in [0.717, 1.165) is 22.1 Å². The molecule has 0 saturated heterocycles. The predicted octanol–water partition coefficient (Wildman–Crippen LogP) is 4.37. The van der Waals surface area contributed by atoms with E-state index in [1.807, 2.05) is 43.3 Å². The lowest BCUT2D eigenvalue weighted by atomic mass is 9.71. The van der Waals surface area contributed by atoms with Gasteiger partial charge in [-0.15, -0.1) is 0 Å². The maximum atomic E-state index is 13.2. The molecule has 0 amide bonds. The SMILES string of the molecule is Cc1ccc2c3c(oc2c1)C(C)(C)c1cc(OCCCO)ccc1C3=O. The number of rotatable bonds is 4. The molecule has 0 unspecified atom stereocenters. The molecule has 1 N–H and O–H groups in total. The summed E-state index contributed by atoms with van der Waals surface area (Å²) in [5.41, 5.74) is 3.69. The van der Waals surface area contributed by atoms with Gasteiger partial charge in [-0.3, -0.25) is 4.79 Å². The standard InChI is InChI=1S/C22H22O4/c1-13-5-7-16-18(11-13)26-21-19(16)20(24)15-8-6-14(25-10-4-9-23)12-17(15)22(21,2)3/h5-8,11-12,23H,4,9-10H2,1-3H3. The zero-order valence-corrected chi connectivity index (χ0v) is 15.3. The molecule has 0 spiro atoms. The van der Waals surface area contributed by atoms with Crippen molar-refractivity contribution in [1.82, 2.24) is 0 Å². The van der Waals surface area contributed by atoms with Crippen molar-refractivity contribution in [2.75, 3.05) is 13.2 Å². The summed E-state index contributed by atoms with van der Waals surface area (Å²) >= 11 is 0. The van der Waals surface area contributed by atoms with Crippen molar-refractivity contribution in [3.63, 3.8) is 0 Å². The molecule has 26 heavy (non-hydrogen) atoms. The Hall–Kier alpha value is -2.59. The third kappa shape index (κ3) is 2.44. The predicted molar refractivity (Wildman–Crippen MR) is 100 cm³/mol. The normalized spacial score (nSPS) is 15.0. The largest absolute Gasteiger partial charge is 0.493 e. The third-order valence-electron chi connectivity index (χ3n) is 5.12. The molecular weight excluding hydrogens is 328 g/mol. The van der Waals surface area contributed by atoms with Crippen molar-refractivity contribution >= 4 is 16.8 Å². The second kappa shape index (κ2) is 5.99. The fraction of sp³-hybridized carbons (Fsp3) is 0.318. The molecule has 0 aliphatic heterocycles. The van der Waals surface area contributed by atoms with Crippen molar-refractivity contribution in [1.29, 1.82) is 0 Å². The number of fused-ring (bicyclic) bond motifs is 4. The highest BCUT2D eigenvalue weighted by Gasteiger charge is 2.41. The Labute approximate surface area is 152 Å². The van der Waals surface area contributed by atoms with E-state index >= 15 is 0 Å². The van der Waals surface area contributed by atoms with Crippen LogP contribution in [0.2, 0.25) is 0 Å². The van der Waals surface area contributed by atoms with Gasteiger partial charge in [0.2, 0.25) is 0 Å². The molecular formula is C22H22O4. The molecule has 0 bridgehead atoms. The van der Waals surface area contributed by atoms with Gasteiger partial charge in [0.1, 0.15) is 17.1 Å². The van der Waals surface area contributed by atoms with Crippen molar-refractivity contribution in [3.05, 3.63) is 64.4 Å². The number of aryl methyl sites for hydroxylation is 1.